The molecule has 1 rings (SSSR count). The number of ether oxygens (including phenoxy) is 1. The first-order valence-electron chi connectivity index (χ1n) is 5.10. The zero-order chi connectivity index (χ0) is 11.3. The number of aryl methyl sites for hydroxylation is 1. The third-order valence-electron chi connectivity index (χ3n) is 2.51. The highest BCUT2D eigenvalue weighted by molar-refractivity contribution is 6.17. The normalized spacial score (nSPS) is 12.5. The van der Waals surface area contributed by atoms with Crippen LogP contribution >= 0.6 is 11.6 Å². The van der Waals surface area contributed by atoms with Crippen molar-refractivity contribution >= 4 is 11.6 Å². The lowest BCUT2D eigenvalue weighted by Gasteiger charge is -2.18. The highest BCUT2D eigenvalue weighted by atomic mass is 35.5. The minimum atomic E-state index is 0.261. The first-order chi connectivity index (χ1) is 7.22. The highest BCUT2D eigenvalue weighted by Gasteiger charge is 2.13. The van der Waals surface area contributed by atoms with Crippen molar-refractivity contribution < 1.29 is 4.74 Å². The summed E-state index contributed by atoms with van der Waals surface area (Å²) in [6.45, 7) is 2.08. The van der Waals surface area contributed by atoms with E-state index in [0.717, 1.165) is 12.2 Å². The van der Waals surface area contributed by atoms with Crippen molar-refractivity contribution in [1.29, 1.82) is 0 Å². The topological polar surface area (TPSA) is 21.3 Å². The van der Waals surface area contributed by atoms with Crippen molar-refractivity contribution in [2.75, 3.05) is 20.0 Å². The van der Waals surface area contributed by atoms with Gasteiger partial charge in [-0.25, -0.2) is 0 Å². The largest absolute Gasteiger partial charge is 0.496 e. The first kappa shape index (κ1) is 12.3. The Morgan fingerprint density at radius 2 is 2.20 bits per heavy atom. The molecule has 0 amide bonds. The van der Waals surface area contributed by atoms with E-state index in [4.69, 9.17) is 16.3 Å². The number of nitrogens with one attached hydrogen (secondary N) is 1. The van der Waals surface area contributed by atoms with Gasteiger partial charge in [-0.05, 0) is 26.5 Å². The molecule has 0 spiro atoms. The Bertz CT molecular complexity index is 314. The Morgan fingerprint density at radius 3 is 2.73 bits per heavy atom. The molecule has 0 saturated carbocycles. The van der Waals surface area contributed by atoms with Crippen molar-refractivity contribution in [1.82, 2.24) is 5.32 Å². The lowest BCUT2D eigenvalue weighted by Crippen LogP contribution is -2.17. The SMILES string of the molecule is CNC(CCCl)c1cc(C)ccc1OC. The maximum atomic E-state index is 5.78. The van der Waals surface area contributed by atoms with Crippen LogP contribution in [0.25, 0.3) is 0 Å². The summed E-state index contributed by atoms with van der Waals surface area (Å²) in [6, 6.07) is 6.46. The summed E-state index contributed by atoms with van der Waals surface area (Å²) >= 11 is 5.78. The van der Waals surface area contributed by atoms with Crippen molar-refractivity contribution in [3.8, 4) is 5.75 Å². The standard InChI is InChI=1S/C12H18ClNO/c1-9-4-5-12(15-3)10(8-9)11(14-2)6-7-13/h4-5,8,11,14H,6-7H2,1-3H3. The Labute approximate surface area is 96.6 Å². The molecule has 0 aromatic heterocycles. The van der Waals surface area contributed by atoms with Gasteiger partial charge in [0, 0.05) is 17.5 Å². The van der Waals surface area contributed by atoms with Gasteiger partial charge < -0.3 is 10.1 Å². The zero-order valence-electron chi connectivity index (χ0n) is 9.51. The number of benzene rings is 1. The summed E-state index contributed by atoms with van der Waals surface area (Å²) in [5.41, 5.74) is 2.42. The first-order valence-corrected chi connectivity index (χ1v) is 5.64. The van der Waals surface area contributed by atoms with Gasteiger partial charge in [-0.1, -0.05) is 17.7 Å². The Morgan fingerprint density at radius 1 is 1.47 bits per heavy atom. The molecule has 1 aromatic rings. The molecule has 0 radical (unpaired) electrons. The van der Waals surface area contributed by atoms with Gasteiger partial charge >= 0.3 is 0 Å². The molecule has 0 heterocycles. The summed E-state index contributed by atoms with van der Waals surface area (Å²) in [5.74, 6) is 1.56. The molecular formula is C12H18ClNO. The predicted octanol–water partition coefficient (Wildman–Crippen LogP) is 2.89. The fourth-order valence-corrected chi connectivity index (χ4v) is 1.91. The zero-order valence-corrected chi connectivity index (χ0v) is 10.3. The molecule has 0 aliphatic heterocycles. The molecule has 1 aromatic carbocycles. The maximum Gasteiger partial charge on any atom is 0.123 e. The number of rotatable bonds is 5. The lowest BCUT2D eigenvalue weighted by atomic mass is 10.0. The van der Waals surface area contributed by atoms with Crippen LogP contribution in [0.1, 0.15) is 23.6 Å². The Kier molecular flexibility index (Phi) is 4.92. The van der Waals surface area contributed by atoms with Crippen LogP contribution in [0, 0.1) is 6.92 Å². The van der Waals surface area contributed by atoms with E-state index < -0.39 is 0 Å². The molecule has 0 saturated heterocycles. The molecule has 0 aliphatic carbocycles. The molecule has 84 valence electrons. The van der Waals surface area contributed by atoms with E-state index in [9.17, 15) is 0 Å². The number of hydrogen-bond acceptors (Lipinski definition) is 2. The van der Waals surface area contributed by atoms with Crippen molar-refractivity contribution in [3.63, 3.8) is 0 Å². The minimum Gasteiger partial charge on any atom is -0.496 e. The number of hydrogen-bond donors (Lipinski definition) is 1. The Hall–Kier alpha value is -0.730. The molecule has 0 aliphatic rings. The highest BCUT2D eigenvalue weighted by Crippen LogP contribution is 2.28. The van der Waals surface area contributed by atoms with E-state index in [2.05, 4.69) is 24.4 Å². The number of alkyl halides is 1. The van der Waals surface area contributed by atoms with Gasteiger partial charge in [0.1, 0.15) is 5.75 Å². The second-order valence-corrected chi connectivity index (χ2v) is 3.94. The molecule has 3 heteroatoms. The predicted molar refractivity (Wildman–Crippen MR) is 64.9 cm³/mol. The smallest absolute Gasteiger partial charge is 0.123 e. The van der Waals surface area contributed by atoms with E-state index in [1.165, 1.54) is 11.1 Å². The van der Waals surface area contributed by atoms with Gasteiger partial charge in [0.2, 0.25) is 0 Å². The third kappa shape index (κ3) is 3.11. The Balaban J connectivity index is 3.02. The van der Waals surface area contributed by atoms with E-state index in [-0.39, 0.29) is 6.04 Å². The van der Waals surface area contributed by atoms with Crippen LogP contribution < -0.4 is 10.1 Å². The summed E-state index contributed by atoms with van der Waals surface area (Å²) in [4.78, 5) is 0. The minimum absolute atomic E-state index is 0.261. The van der Waals surface area contributed by atoms with Gasteiger partial charge in [-0.2, -0.15) is 0 Å². The summed E-state index contributed by atoms with van der Waals surface area (Å²) in [6.07, 6.45) is 0.901. The van der Waals surface area contributed by atoms with Crippen LogP contribution in [0.15, 0.2) is 18.2 Å². The van der Waals surface area contributed by atoms with Gasteiger partial charge in [-0.15, -0.1) is 11.6 Å². The molecular weight excluding hydrogens is 210 g/mol. The van der Waals surface area contributed by atoms with Crippen molar-refractivity contribution in [2.45, 2.75) is 19.4 Å². The number of halogens is 1. The van der Waals surface area contributed by atoms with Crippen LogP contribution in [-0.4, -0.2) is 20.0 Å². The fourth-order valence-electron chi connectivity index (χ4n) is 1.69. The molecule has 1 atom stereocenters. The number of methoxy groups -OCH3 is 1. The average molecular weight is 228 g/mol. The quantitative estimate of drug-likeness (QED) is 0.782. The third-order valence-corrected chi connectivity index (χ3v) is 2.73. The fraction of sp³-hybridized carbons (Fsp3) is 0.500. The average Bonchev–Trinajstić information content (AvgIpc) is 2.26. The van der Waals surface area contributed by atoms with Crippen LogP contribution in [0.2, 0.25) is 0 Å². The van der Waals surface area contributed by atoms with Gasteiger partial charge in [-0.3, -0.25) is 0 Å². The van der Waals surface area contributed by atoms with E-state index >= 15 is 0 Å². The van der Waals surface area contributed by atoms with Crippen LogP contribution in [0.4, 0.5) is 0 Å². The van der Waals surface area contributed by atoms with Crippen LogP contribution in [-0.2, 0) is 0 Å². The summed E-state index contributed by atoms with van der Waals surface area (Å²) in [7, 11) is 3.64. The summed E-state index contributed by atoms with van der Waals surface area (Å²) in [5, 5.41) is 3.26. The van der Waals surface area contributed by atoms with Gasteiger partial charge in [0.05, 0.1) is 7.11 Å². The maximum absolute atomic E-state index is 5.78. The molecule has 2 nitrogen and oxygen atoms in total. The van der Waals surface area contributed by atoms with E-state index in [1.807, 2.05) is 13.1 Å². The van der Waals surface area contributed by atoms with Crippen molar-refractivity contribution in [3.05, 3.63) is 29.3 Å². The van der Waals surface area contributed by atoms with E-state index in [0.29, 0.717) is 5.88 Å². The van der Waals surface area contributed by atoms with E-state index in [1.54, 1.807) is 7.11 Å². The molecule has 1 unspecified atom stereocenters. The van der Waals surface area contributed by atoms with Crippen LogP contribution in [0.3, 0.4) is 0 Å². The molecule has 0 bridgehead atoms. The monoisotopic (exact) mass is 227 g/mol. The molecule has 1 N–H and O–H groups in total. The van der Waals surface area contributed by atoms with Gasteiger partial charge in [0.25, 0.3) is 0 Å². The molecule has 0 fully saturated rings. The van der Waals surface area contributed by atoms with Crippen LogP contribution in [0.5, 0.6) is 5.75 Å². The van der Waals surface area contributed by atoms with Crippen molar-refractivity contribution in [2.24, 2.45) is 0 Å². The molecule has 15 heavy (non-hydrogen) atoms. The lowest BCUT2D eigenvalue weighted by molar-refractivity contribution is 0.400. The summed E-state index contributed by atoms with van der Waals surface area (Å²) < 4.78 is 5.35. The van der Waals surface area contributed by atoms with Gasteiger partial charge in [0.15, 0.2) is 0 Å². The second kappa shape index (κ2) is 5.99. The second-order valence-electron chi connectivity index (χ2n) is 3.56.